The molecule has 1 amide bonds. The standard InChI is InChI=1S/C18H28ClN3O4S/c1-15(2)26-13-3-8-20-18(23)14-21-9-11-22(12-10-21)27(24,25)17-6-4-16(19)5-7-17/h4-7,15H,3,8-14H2,1-2H3,(H,20,23)/p+1. The van der Waals surface area contributed by atoms with Crippen molar-refractivity contribution in [3.8, 4) is 0 Å². The van der Waals surface area contributed by atoms with E-state index in [0.29, 0.717) is 50.9 Å². The number of carbonyl (C=O) groups excluding carboxylic acids is 1. The Balaban J connectivity index is 1.73. The molecule has 0 aromatic heterocycles. The smallest absolute Gasteiger partial charge is 0.275 e. The van der Waals surface area contributed by atoms with Gasteiger partial charge in [-0.25, -0.2) is 8.42 Å². The van der Waals surface area contributed by atoms with Gasteiger partial charge in [-0.05, 0) is 44.5 Å². The van der Waals surface area contributed by atoms with E-state index >= 15 is 0 Å². The lowest BCUT2D eigenvalue weighted by molar-refractivity contribution is -0.895. The Morgan fingerprint density at radius 2 is 1.89 bits per heavy atom. The van der Waals surface area contributed by atoms with Gasteiger partial charge in [0.25, 0.3) is 5.91 Å². The number of carbonyl (C=O) groups is 1. The zero-order chi connectivity index (χ0) is 19.9. The monoisotopic (exact) mass is 418 g/mol. The summed E-state index contributed by atoms with van der Waals surface area (Å²) in [5, 5.41) is 3.40. The van der Waals surface area contributed by atoms with Crippen molar-refractivity contribution < 1.29 is 22.8 Å². The molecule has 1 aromatic carbocycles. The van der Waals surface area contributed by atoms with Gasteiger partial charge >= 0.3 is 0 Å². The molecule has 152 valence electrons. The van der Waals surface area contributed by atoms with Crippen molar-refractivity contribution in [3.63, 3.8) is 0 Å². The molecule has 0 saturated carbocycles. The molecule has 7 nitrogen and oxygen atoms in total. The van der Waals surface area contributed by atoms with Crippen LogP contribution in [0.5, 0.6) is 0 Å². The second-order valence-corrected chi connectivity index (χ2v) is 9.28. The van der Waals surface area contributed by atoms with Crippen LogP contribution in [0.25, 0.3) is 0 Å². The predicted octanol–water partition coefficient (Wildman–Crippen LogP) is 0.161. The fourth-order valence-electron chi connectivity index (χ4n) is 2.88. The molecule has 1 aliphatic rings. The predicted molar refractivity (Wildman–Crippen MR) is 104 cm³/mol. The number of hydrogen-bond acceptors (Lipinski definition) is 4. The third kappa shape index (κ3) is 7.04. The van der Waals surface area contributed by atoms with Crippen molar-refractivity contribution in [1.29, 1.82) is 0 Å². The van der Waals surface area contributed by atoms with E-state index in [0.717, 1.165) is 11.3 Å². The maximum absolute atomic E-state index is 12.7. The van der Waals surface area contributed by atoms with Crippen molar-refractivity contribution in [3.05, 3.63) is 29.3 Å². The third-order valence-electron chi connectivity index (χ3n) is 4.39. The highest BCUT2D eigenvalue weighted by Gasteiger charge is 2.31. The van der Waals surface area contributed by atoms with Gasteiger partial charge in [0, 0.05) is 18.2 Å². The number of nitrogens with zero attached hydrogens (tertiary/aromatic N) is 1. The minimum atomic E-state index is -3.51. The molecule has 0 unspecified atom stereocenters. The van der Waals surface area contributed by atoms with Crippen molar-refractivity contribution in [2.45, 2.75) is 31.3 Å². The number of amides is 1. The molecular weight excluding hydrogens is 390 g/mol. The number of rotatable bonds is 9. The topological polar surface area (TPSA) is 80.2 Å². The number of piperazine rings is 1. The first-order valence-corrected chi connectivity index (χ1v) is 11.1. The highest BCUT2D eigenvalue weighted by molar-refractivity contribution is 7.89. The van der Waals surface area contributed by atoms with E-state index in [1.807, 2.05) is 13.8 Å². The zero-order valence-electron chi connectivity index (χ0n) is 15.9. The number of halogens is 1. The fourth-order valence-corrected chi connectivity index (χ4v) is 4.45. The van der Waals surface area contributed by atoms with Gasteiger partial charge in [0.1, 0.15) is 0 Å². The van der Waals surface area contributed by atoms with Gasteiger partial charge < -0.3 is 15.0 Å². The first-order valence-electron chi connectivity index (χ1n) is 9.26. The Hall–Kier alpha value is -1.19. The highest BCUT2D eigenvalue weighted by Crippen LogP contribution is 2.18. The number of quaternary nitrogens is 1. The summed E-state index contributed by atoms with van der Waals surface area (Å²) in [6.45, 7) is 7.56. The summed E-state index contributed by atoms with van der Waals surface area (Å²) in [4.78, 5) is 13.4. The van der Waals surface area contributed by atoms with E-state index < -0.39 is 10.0 Å². The van der Waals surface area contributed by atoms with Gasteiger partial charge in [0.2, 0.25) is 10.0 Å². The van der Waals surface area contributed by atoms with E-state index in [9.17, 15) is 13.2 Å². The summed E-state index contributed by atoms with van der Waals surface area (Å²) in [7, 11) is -3.51. The molecule has 0 atom stereocenters. The lowest BCUT2D eigenvalue weighted by Gasteiger charge is -2.31. The molecule has 1 saturated heterocycles. The first kappa shape index (κ1) is 22.1. The van der Waals surface area contributed by atoms with E-state index in [2.05, 4.69) is 5.32 Å². The van der Waals surface area contributed by atoms with Gasteiger partial charge in [-0.3, -0.25) is 4.79 Å². The van der Waals surface area contributed by atoms with Crippen LogP contribution in [0.3, 0.4) is 0 Å². The molecule has 0 spiro atoms. The molecule has 1 fully saturated rings. The maximum atomic E-state index is 12.7. The summed E-state index contributed by atoms with van der Waals surface area (Å²) in [6.07, 6.45) is 0.984. The first-order chi connectivity index (χ1) is 12.8. The van der Waals surface area contributed by atoms with Crippen LogP contribution in [0.4, 0.5) is 0 Å². The molecular formula is C18H29ClN3O4S+. The molecule has 27 heavy (non-hydrogen) atoms. The van der Waals surface area contributed by atoms with Crippen LogP contribution in [0.2, 0.25) is 5.02 Å². The van der Waals surface area contributed by atoms with E-state index in [4.69, 9.17) is 16.3 Å². The molecule has 0 bridgehead atoms. The van der Waals surface area contributed by atoms with Crippen molar-refractivity contribution in [2.75, 3.05) is 45.9 Å². The largest absolute Gasteiger partial charge is 0.379 e. The van der Waals surface area contributed by atoms with Gasteiger partial charge in [0.05, 0.1) is 37.2 Å². The van der Waals surface area contributed by atoms with Crippen LogP contribution >= 0.6 is 11.6 Å². The van der Waals surface area contributed by atoms with Gasteiger partial charge in [0.15, 0.2) is 6.54 Å². The second-order valence-electron chi connectivity index (χ2n) is 6.91. The van der Waals surface area contributed by atoms with Crippen molar-refractivity contribution in [2.24, 2.45) is 0 Å². The Kier molecular flexibility index (Phi) is 8.50. The van der Waals surface area contributed by atoms with Crippen LogP contribution in [-0.2, 0) is 19.6 Å². The van der Waals surface area contributed by atoms with Crippen LogP contribution < -0.4 is 10.2 Å². The van der Waals surface area contributed by atoms with Crippen molar-refractivity contribution in [1.82, 2.24) is 9.62 Å². The molecule has 1 aliphatic heterocycles. The van der Waals surface area contributed by atoms with Gasteiger partial charge in [-0.15, -0.1) is 0 Å². The van der Waals surface area contributed by atoms with Gasteiger partial charge in [-0.1, -0.05) is 11.6 Å². The number of ether oxygens (including phenoxy) is 1. The molecule has 1 aromatic rings. The SMILES string of the molecule is CC(C)OCCCNC(=O)C[NH+]1CCN(S(=O)(=O)c2ccc(Cl)cc2)CC1. The Morgan fingerprint density at radius 3 is 2.48 bits per heavy atom. The zero-order valence-corrected chi connectivity index (χ0v) is 17.5. The lowest BCUT2D eigenvalue weighted by Crippen LogP contribution is -3.15. The minimum absolute atomic E-state index is 0.0106. The van der Waals surface area contributed by atoms with Crippen LogP contribution in [0.1, 0.15) is 20.3 Å². The van der Waals surface area contributed by atoms with Crippen LogP contribution in [0.15, 0.2) is 29.2 Å². The van der Waals surface area contributed by atoms with E-state index in [1.54, 1.807) is 12.1 Å². The Morgan fingerprint density at radius 1 is 1.26 bits per heavy atom. The second kappa shape index (κ2) is 10.4. The lowest BCUT2D eigenvalue weighted by atomic mass is 10.3. The van der Waals surface area contributed by atoms with Gasteiger partial charge in [-0.2, -0.15) is 4.31 Å². The third-order valence-corrected chi connectivity index (χ3v) is 6.55. The molecule has 0 radical (unpaired) electrons. The maximum Gasteiger partial charge on any atom is 0.275 e. The summed E-state index contributed by atoms with van der Waals surface area (Å²) in [5.74, 6) is -0.0106. The van der Waals surface area contributed by atoms with Crippen LogP contribution in [0, 0.1) is 0 Å². The summed E-state index contributed by atoms with van der Waals surface area (Å²) >= 11 is 5.83. The molecule has 9 heteroatoms. The summed E-state index contributed by atoms with van der Waals surface area (Å²) in [6, 6.07) is 6.19. The molecule has 2 N–H and O–H groups in total. The number of hydrogen-bond donors (Lipinski definition) is 2. The normalized spacial score (nSPS) is 16.6. The summed E-state index contributed by atoms with van der Waals surface area (Å²) in [5.41, 5.74) is 0. The highest BCUT2D eigenvalue weighted by atomic mass is 35.5. The Bertz CT molecular complexity index is 702. The van der Waals surface area contributed by atoms with E-state index in [1.165, 1.54) is 16.4 Å². The number of nitrogens with one attached hydrogen (secondary N) is 2. The fraction of sp³-hybridized carbons (Fsp3) is 0.611. The van der Waals surface area contributed by atoms with Crippen molar-refractivity contribution >= 4 is 27.5 Å². The minimum Gasteiger partial charge on any atom is -0.379 e. The quantitative estimate of drug-likeness (QED) is 0.560. The average molecular weight is 419 g/mol. The van der Waals surface area contributed by atoms with E-state index in [-0.39, 0.29) is 16.9 Å². The molecule has 2 rings (SSSR count). The molecule has 0 aliphatic carbocycles. The Labute approximate surface area is 166 Å². The number of sulfonamides is 1. The van der Waals surface area contributed by atoms with Crippen LogP contribution in [-0.4, -0.2) is 70.6 Å². The summed E-state index contributed by atoms with van der Waals surface area (Å²) < 4.78 is 32.2. The molecule has 1 heterocycles. The number of benzene rings is 1. The average Bonchev–Trinajstić information content (AvgIpc) is 2.62.